The monoisotopic (exact) mass is 455 g/mol. The summed E-state index contributed by atoms with van der Waals surface area (Å²) in [6.45, 7) is 1.08. The van der Waals surface area contributed by atoms with Crippen molar-refractivity contribution < 1.29 is 18.4 Å². The molecule has 0 unspecified atom stereocenters. The average Bonchev–Trinajstić information content (AvgIpc) is 2.75. The number of anilines is 2. The van der Waals surface area contributed by atoms with Gasteiger partial charge in [-0.25, -0.2) is 13.6 Å². The van der Waals surface area contributed by atoms with E-state index < -0.39 is 11.6 Å². The summed E-state index contributed by atoms with van der Waals surface area (Å²) < 4.78 is 27.0. The standard InChI is InChI=1S/C24H20ClF2N3O2/c25-22-8-2-1-7-21(22)23(31)28-19-5-3-6-20(14-19)30-10-4-9-29(24(30)32)15-16-11-17(26)13-18(27)12-16/h1-3,5-8,11-14H,4,9-10,15H2,(H,28,31). The lowest BCUT2D eigenvalue weighted by Gasteiger charge is -2.36. The van der Waals surface area contributed by atoms with Crippen molar-refractivity contribution in [3.05, 3.63) is 94.5 Å². The Balaban J connectivity index is 1.50. The number of hydrogen-bond donors (Lipinski definition) is 1. The van der Waals surface area contributed by atoms with Crippen molar-refractivity contribution in [1.82, 2.24) is 4.90 Å². The van der Waals surface area contributed by atoms with Crippen molar-refractivity contribution in [3.63, 3.8) is 0 Å². The van der Waals surface area contributed by atoms with E-state index in [1.54, 1.807) is 58.3 Å². The normalized spacial score (nSPS) is 13.9. The Bertz CT molecular complexity index is 1150. The lowest BCUT2D eigenvalue weighted by atomic mass is 10.1. The molecular weight excluding hydrogens is 436 g/mol. The van der Waals surface area contributed by atoms with Gasteiger partial charge in [0.15, 0.2) is 0 Å². The lowest BCUT2D eigenvalue weighted by Crippen LogP contribution is -2.49. The number of urea groups is 1. The Morgan fingerprint density at radius 3 is 2.47 bits per heavy atom. The van der Waals surface area contributed by atoms with Crippen LogP contribution in [0.15, 0.2) is 66.7 Å². The van der Waals surface area contributed by atoms with Crippen LogP contribution < -0.4 is 10.2 Å². The second-order valence-corrected chi connectivity index (χ2v) is 7.88. The number of carbonyl (C=O) groups is 2. The van der Waals surface area contributed by atoms with E-state index in [0.29, 0.717) is 47.0 Å². The minimum atomic E-state index is -0.678. The summed E-state index contributed by atoms with van der Waals surface area (Å²) in [4.78, 5) is 28.7. The molecule has 1 aliphatic heterocycles. The molecule has 8 heteroatoms. The number of carbonyl (C=O) groups excluding carboxylic acids is 2. The predicted molar refractivity (Wildman–Crippen MR) is 120 cm³/mol. The lowest BCUT2D eigenvalue weighted by molar-refractivity contribution is 0.102. The third-order valence-electron chi connectivity index (χ3n) is 5.14. The molecule has 3 amide bonds. The van der Waals surface area contributed by atoms with Gasteiger partial charge in [-0.15, -0.1) is 0 Å². The van der Waals surface area contributed by atoms with Crippen LogP contribution in [0.4, 0.5) is 25.0 Å². The van der Waals surface area contributed by atoms with E-state index in [4.69, 9.17) is 11.6 Å². The summed E-state index contributed by atoms with van der Waals surface area (Å²) in [7, 11) is 0. The molecule has 1 heterocycles. The highest BCUT2D eigenvalue weighted by Crippen LogP contribution is 2.25. The number of benzene rings is 3. The summed E-state index contributed by atoms with van der Waals surface area (Å²) >= 11 is 6.09. The topological polar surface area (TPSA) is 52.7 Å². The Labute approximate surface area is 189 Å². The minimum Gasteiger partial charge on any atom is -0.322 e. The largest absolute Gasteiger partial charge is 0.324 e. The molecule has 164 valence electrons. The summed E-state index contributed by atoms with van der Waals surface area (Å²) in [5.74, 6) is -1.71. The molecule has 0 aliphatic carbocycles. The van der Waals surface area contributed by atoms with Gasteiger partial charge in [-0.05, 0) is 54.4 Å². The van der Waals surface area contributed by atoms with Crippen LogP contribution in [0.25, 0.3) is 0 Å². The fraction of sp³-hybridized carbons (Fsp3) is 0.167. The number of hydrogen-bond acceptors (Lipinski definition) is 2. The Morgan fingerprint density at radius 1 is 0.969 bits per heavy atom. The maximum atomic E-state index is 13.5. The highest BCUT2D eigenvalue weighted by atomic mass is 35.5. The third kappa shape index (κ3) is 4.89. The van der Waals surface area contributed by atoms with E-state index >= 15 is 0 Å². The zero-order chi connectivity index (χ0) is 22.7. The van der Waals surface area contributed by atoms with E-state index in [1.165, 1.54) is 12.1 Å². The van der Waals surface area contributed by atoms with Gasteiger partial charge in [0, 0.05) is 37.1 Å². The number of nitrogens with one attached hydrogen (secondary N) is 1. The van der Waals surface area contributed by atoms with Gasteiger partial charge in [-0.2, -0.15) is 0 Å². The first kappa shape index (κ1) is 21.8. The van der Waals surface area contributed by atoms with Crippen molar-refractivity contribution in [2.24, 2.45) is 0 Å². The van der Waals surface area contributed by atoms with Crippen LogP contribution in [0.5, 0.6) is 0 Å². The average molecular weight is 456 g/mol. The zero-order valence-electron chi connectivity index (χ0n) is 17.0. The van der Waals surface area contributed by atoms with Crippen LogP contribution in [0.1, 0.15) is 22.3 Å². The van der Waals surface area contributed by atoms with Crippen LogP contribution in [-0.4, -0.2) is 29.9 Å². The number of rotatable bonds is 5. The molecule has 32 heavy (non-hydrogen) atoms. The summed E-state index contributed by atoms with van der Waals surface area (Å²) in [5, 5.41) is 3.14. The van der Waals surface area contributed by atoms with Crippen molar-refractivity contribution in [2.45, 2.75) is 13.0 Å². The molecule has 5 nitrogen and oxygen atoms in total. The first-order valence-electron chi connectivity index (χ1n) is 10.1. The van der Waals surface area contributed by atoms with Gasteiger partial charge < -0.3 is 10.2 Å². The van der Waals surface area contributed by atoms with E-state index in [0.717, 1.165) is 6.07 Å². The molecule has 0 bridgehead atoms. The van der Waals surface area contributed by atoms with Gasteiger partial charge in [-0.3, -0.25) is 9.69 Å². The Hall–Kier alpha value is -3.45. The first-order valence-corrected chi connectivity index (χ1v) is 10.5. The van der Waals surface area contributed by atoms with Crippen LogP contribution >= 0.6 is 11.6 Å². The molecule has 0 spiro atoms. The molecule has 3 aromatic rings. The molecule has 0 aromatic heterocycles. The molecule has 3 aromatic carbocycles. The summed E-state index contributed by atoms with van der Waals surface area (Å²) in [6.07, 6.45) is 0.694. The molecule has 0 radical (unpaired) electrons. The molecule has 0 saturated carbocycles. The minimum absolute atomic E-state index is 0.104. The zero-order valence-corrected chi connectivity index (χ0v) is 17.8. The molecule has 4 rings (SSSR count). The van der Waals surface area contributed by atoms with E-state index in [2.05, 4.69) is 5.32 Å². The van der Waals surface area contributed by atoms with Crippen molar-refractivity contribution >= 4 is 34.9 Å². The molecule has 1 N–H and O–H groups in total. The van der Waals surface area contributed by atoms with Crippen molar-refractivity contribution in [1.29, 1.82) is 0 Å². The van der Waals surface area contributed by atoms with E-state index in [1.807, 2.05) is 0 Å². The van der Waals surface area contributed by atoms with Crippen LogP contribution in [0.2, 0.25) is 5.02 Å². The summed E-state index contributed by atoms with van der Waals surface area (Å²) in [6, 6.07) is 16.7. The van der Waals surface area contributed by atoms with E-state index in [9.17, 15) is 18.4 Å². The van der Waals surface area contributed by atoms with E-state index in [-0.39, 0.29) is 18.5 Å². The quantitative estimate of drug-likeness (QED) is 0.536. The second kappa shape index (κ2) is 9.36. The van der Waals surface area contributed by atoms with Gasteiger partial charge in [-0.1, -0.05) is 29.8 Å². The Kier molecular flexibility index (Phi) is 6.37. The number of nitrogens with zero attached hydrogens (tertiary/aromatic N) is 2. The fourth-order valence-electron chi connectivity index (χ4n) is 3.69. The second-order valence-electron chi connectivity index (χ2n) is 7.47. The van der Waals surface area contributed by atoms with Crippen molar-refractivity contribution in [3.8, 4) is 0 Å². The molecule has 1 fully saturated rings. The molecule has 0 atom stereocenters. The van der Waals surface area contributed by atoms with Gasteiger partial charge in [0.1, 0.15) is 11.6 Å². The molecule has 1 aliphatic rings. The van der Waals surface area contributed by atoms with Crippen molar-refractivity contribution in [2.75, 3.05) is 23.3 Å². The molecular formula is C24H20ClF2N3O2. The number of halogens is 3. The van der Waals surface area contributed by atoms with Gasteiger partial charge in [0.2, 0.25) is 0 Å². The SMILES string of the molecule is O=C(Nc1cccc(N2CCCN(Cc3cc(F)cc(F)c3)C2=O)c1)c1ccccc1Cl. The van der Waals surface area contributed by atoms with Gasteiger partial charge >= 0.3 is 6.03 Å². The Morgan fingerprint density at radius 2 is 1.72 bits per heavy atom. The number of amides is 3. The van der Waals surface area contributed by atoms with Gasteiger partial charge in [0.25, 0.3) is 5.91 Å². The van der Waals surface area contributed by atoms with Crippen LogP contribution in [0.3, 0.4) is 0 Å². The summed E-state index contributed by atoms with van der Waals surface area (Å²) in [5.41, 5.74) is 1.87. The first-order chi connectivity index (χ1) is 15.4. The maximum absolute atomic E-state index is 13.5. The maximum Gasteiger partial charge on any atom is 0.324 e. The van der Waals surface area contributed by atoms with Gasteiger partial charge in [0.05, 0.1) is 10.6 Å². The smallest absolute Gasteiger partial charge is 0.322 e. The van der Waals surface area contributed by atoms with Crippen LogP contribution in [0, 0.1) is 11.6 Å². The predicted octanol–water partition coefficient (Wildman–Crippen LogP) is 5.70. The highest BCUT2D eigenvalue weighted by molar-refractivity contribution is 6.34. The fourth-order valence-corrected chi connectivity index (χ4v) is 3.91. The third-order valence-corrected chi connectivity index (χ3v) is 5.47. The highest BCUT2D eigenvalue weighted by Gasteiger charge is 2.27. The van der Waals surface area contributed by atoms with Crippen LogP contribution in [-0.2, 0) is 6.54 Å². The molecule has 1 saturated heterocycles.